The van der Waals surface area contributed by atoms with Crippen molar-refractivity contribution >= 4 is 61.3 Å². The van der Waals surface area contributed by atoms with E-state index in [1.165, 1.54) is 16.9 Å². The van der Waals surface area contributed by atoms with Crippen molar-refractivity contribution in [2.45, 2.75) is 13.3 Å². The van der Waals surface area contributed by atoms with E-state index in [4.69, 9.17) is 23.8 Å². The fraction of sp³-hybridized carbons (Fsp3) is 0.125. The van der Waals surface area contributed by atoms with Gasteiger partial charge in [-0.25, -0.2) is 4.98 Å². The predicted molar refractivity (Wildman–Crippen MR) is 100 cm³/mol. The van der Waals surface area contributed by atoms with E-state index >= 15 is 0 Å². The fourth-order valence-electron chi connectivity index (χ4n) is 2.05. The van der Waals surface area contributed by atoms with Crippen LogP contribution < -0.4 is 10.6 Å². The molecular weight excluding hydrogens is 334 g/mol. The standard InChI is InChI=1S/C16H14ClN3S2/c1-2-10-6-8-11(9-7-10)18-15(21)20-16-19-14-12(17)4-3-5-13(14)22-16/h3-9H,2H2,1H3,(H2,18,19,20,21). The zero-order chi connectivity index (χ0) is 15.5. The molecular formula is C16H14ClN3S2. The van der Waals surface area contributed by atoms with Gasteiger partial charge in [0, 0.05) is 5.69 Å². The lowest BCUT2D eigenvalue weighted by molar-refractivity contribution is 1.14. The highest BCUT2D eigenvalue weighted by Gasteiger charge is 2.08. The summed E-state index contributed by atoms with van der Waals surface area (Å²) in [6.45, 7) is 2.13. The molecule has 0 aliphatic heterocycles. The molecule has 3 nitrogen and oxygen atoms in total. The van der Waals surface area contributed by atoms with Crippen molar-refractivity contribution in [2.75, 3.05) is 10.6 Å². The number of nitrogens with one attached hydrogen (secondary N) is 2. The minimum Gasteiger partial charge on any atom is -0.332 e. The molecule has 112 valence electrons. The first-order valence-electron chi connectivity index (χ1n) is 6.87. The molecule has 2 N–H and O–H groups in total. The molecule has 0 bridgehead atoms. The Kier molecular flexibility index (Phi) is 4.57. The Balaban J connectivity index is 1.71. The van der Waals surface area contributed by atoms with Gasteiger partial charge in [-0.1, -0.05) is 48.1 Å². The lowest BCUT2D eigenvalue weighted by Gasteiger charge is -2.08. The van der Waals surface area contributed by atoms with Crippen LogP contribution >= 0.6 is 35.2 Å². The summed E-state index contributed by atoms with van der Waals surface area (Å²) in [7, 11) is 0. The van der Waals surface area contributed by atoms with Gasteiger partial charge in [-0.2, -0.15) is 0 Å². The molecule has 2 aromatic carbocycles. The van der Waals surface area contributed by atoms with Crippen molar-refractivity contribution < 1.29 is 0 Å². The predicted octanol–water partition coefficient (Wildman–Crippen LogP) is 5.32. The molecule has 0 aliphatic rings. The highest BCUT2D eigenvalue weighted by Crippen LogP contribution is 2.30. The summed E-state index contributed by atoms with van der Waals surface area (Å²) in [6.07, 6.45) is 1.02. The number of halogens is 1. The molecule has 0 fully saturated rings. The average molecular weight is 348 g/mol. The topological polar surface area (TPSA) is 37.0 Å². The number of anilines is 2. The van der Waals surface area contributed by atoms with E-state index in [0.29, 0.717) is 10.1 Å². The van der Waals surface area contributed by atoms with Crippen LogP contribution in [0.3, 0.4) is 0 Å². The lowest BCUT2D eigenvalue weighted by atomic mass is 10.1. The number of benzene rings is 2. The molecule has 0 saturated carbocycles. The second-order valence-electron chi connectivity index (χ2n) is 4.74. The number of aryl methyl sites for hydroxylation is 1. The van der Waals surface area contributed by atoms with Crippen LogP contribution in [-0.4, -0.2) is 10.1 Å². The van der Waals surface area contributed by atoms with Crippen LogP contribution in [-0.2, 0) is 6.42 Å². The van der Waals surface area contributed by atoms with Crippen molar-refractivity contribution in [2.24, 2.45) is 0 Å². The number of thiocarbonyl (C=S) groups is 1. The van der Waals surface area contributed by atoms with E-state index < -0.39 is 0 Å². The minimum absolute atomic E-state index is 0.513. The average Bonchev–Trinajstić information content (AvgIpc) is 2.92. The third kappa shape index (κ3) is 3.38. The first-order chi connectivity index (χ1) is 10.7. The van der Waals surface area contributed by atoms with Crippen LogP contribution in [0.15, 0.2) is 42.5 Å². The van der Waals surface area contributed by atoms with E-state index in [1.54, 1.807) is 0 Å². The maximum atomic E-state index is 6.13. The number of aromatic nitrogens is 1. The molecule has 22 heavy (non-hydrogen) atoms. The summed E-state index contributed by atoms with van der Waals surface area (Å²) in [5.74, 6) is 0. The van der Waals surface area contributed by atoms with Crippen molar-refractivity contribution in [1.29, 1.82) is 0 Å². The molecule has 3 aromatic rings. The largest absolute Gasteiger partial charge is 0.332 e. The van der Waals surface area contributed by atoms with Gasteiger partial charge in [0.05, 0.1) is 9.72 Å². The Labute approximate surface area is 143 Å². The SMILES string of the molecule is CCc1ccc(NC(=S)Nc2nc3c(Cl)cccc3s2)cc1. The van der Waals surface area contributed by atoms with Gasteiger partial charge in [0.2, 0.25) is 0 Å². The minimum atomic E-state index is 0.513. The summed E-state index contributed by atoms with van der Waals surface area (Å²) in [4.78, 5) is 4.47. The van der Waals surface area contributed by atoms with Crippen LogP contribution in [0.1, 0.15) is 12.5 Å². The maximum absolute atomic E-state index is 6.13. The van der Waals surface area contributed by atoms with Gasteiger partial charge in [0.25, 0.3) is 0 Å². The lowest BCUT2D eigenvalue weighted by Crippen LogP contribution is -2.18. The first-order valence-corrected chi connectivity index (χ1v) is 8.48. The van der Waals surface area contributed by atoms with E-state index in [0.717, 1.165) is 27.5 Å². The molecule has 0 aliphatic carbocycles. The molecule has 1 aromatic heterocycles. The summed E-state index contributed by atoms with van der Waals surface area (Å²) >= 11 is 13.0. The zero-order valence-corrected chi connectivity index (χ0v) is 14.3. The van der Waals surface area contributed by atoms with Crippen molar-refractivity contribution in [3.05, 3.63) is 53.1 Å². The van der Waals surface area contributed by atoms with E-state index in [9.17, 15) is 0 Å². The Morgan fingerprint density at radius 2 is 1.95 bits per heavy atom. The first kappa shape index (κ1) is 15.2. The van der Waals surface area contributed by atoms with Crippen LogP contribution in [0.2, 0.25) is 5.02 Å². The second-order valence-corrected chi connectivity index (χ2v) is 6.58. The van der Waals surface area contributed by atoms with Gasteiger partial charge in [-0.05, 0) is 48.5 Å². The quantitative estimate of drug-likeness (QED) is 0.628. The Morgan fingerprint density at radius 1 is 1.18 bits per heavy atom. The van der Waals surface area contributed by atoms with Crippen molar-refractivity contribution in [3.63, 3.8) is 0 Å². The molecule has 0 amide bonds. The van der Waals surface area contributed by atoms with Gasteiger partial charge in [-0.3, -0.25) is 0 Å². The molecule has 0 atom stereocenters. The molecule has 0 unspecified atom stereocenters. The van der Waals surface area contributed by atoms with Crippen LogP contribution in [0, 0.1) is 0 Å². The maximum Gasteiger partial charge on any atom is 0.190 e. The number of rotatable bonds is 3. The second kappa shape index (κ2) is 6.60. The Morgan fingerprint density at radius 3 is 2.64 bits per heavy atom. The van der Waals surface area contributed by atoms with Gasteiger partial charge in [0.15, 0.2) is 10.2 Å². The molecule has 3 rings (SSSR count). The molecule has 0 saturated heterocycles. The van der Waals surface area contributed by atoms with Gasteiger partial charge >= 0.3 is 0 Å². The smallest absolute Gasteiger partial charge is 0.190 e. The van der Waals surface area contributed by atoms with Crippen LogP contribution in [0.25, 0.3) is 10.2 Å². The summed E-state index contributed by atoms with van der Waals surface area (Å²) in [5.41, 5.74) is 3.05. The van der Waals surface area contributed by atoms with E-state index in [2.05, 4.69) is 34.7 Å². The fourth-order valence-corrected chi connectivity index (χ4v) is 3.50. The van der Waals surface area contributed by atoms with E-state index in [1.807, 2.05) is 30.3 Å². The normalized spacial score (nSPS) is 10.6. The number of hydrogen-bond donors (Lipinski definition) is 2. The highest BCUT2D eigenvalue weighted by molar-refractivity contribution is 7.80. The van der Waals surface area contributed by atoms with Crippen molar-refractivity contribution in [3.8, 4) is 0 Å². The summed E-state index contributed by atoms with van der Waals surface area (Å²) < 4.78 is 1.03. The Bertz CT molecular complexity index is 812. The van der Waals surface area contributed by atoms with Crippen LogP contribution in [0.4, 0.5) is 10.8 Å². The zero-order valence-electron chi connectivity index (χ0n) is 11.9. The van der Waals surface area contributed by atoms with Gasteiger partial charge in [0.1, 0.15) is 5.52 Å². The molecule has 0 radical (unpaired) electrons. The van der Waals surface area contributed by atoms with Crippen LogP contribution in [0.5, 0.6) is 0 Å². The number of hydrogen-bond acceptors (Lipinski definition) is 3. The van der Waals surface area contributed by atoms with E-state index in [-0.39, 0.29) is 0 Å². The number of para-hydroxylation sites is 1. The summed E-state index contributed by atoms with van der Waals surface area (Å²) in [6, 6.07) is 13.9. The highest BCUT2D eigenvalue weighted by atomic mass is 35.5. The molecule has 6 heteroatoms. The third-order valence-electron chi connectivity index (χ3n) is 3.21. The summed E-state index contributed by atoms with van der Waals surface area (Å²) in [5, 5.41) is 8.15. The monoisotopic (exact) mass is 347 g/mol. The molecule has 1 heterocycles. The van der Waals surface area contributed by atoms with Gasteiger partial charge in [-0.15, -0.1) is 0 Å². The Hall–Kier alpha value is -1.69. The number of fused-ring (bicyclic) bond motifs is 1. The number of nitrogens with zero attached hydrogens (tertiary/aromatic N) is 1. The number of thiazole rings is 1. The van der Waals surface area contributed by atoms with Gasteiger partial charge < -0.3 is 10.6 Å². The molecule has 0 spiro atoms. The van der Waals surface area contributed by atoms with Crippen molar-refractivity contribution in [1.82, 2.24) is 4.98 Å². The third-order valence-corrected chi connectivity index (χ3v) is 4.66.